The number of amides is 1. The van der Waals surface area contributed by atoms with E-state index in [2.05, 4.69) is 4.98 Å². The maximum Gasteiger partial charge on any atom is 0.262 e. The smallest absolute Gasteiger partial charge is 0.262 e. The number of nitrogens with zero attached hydrogens (tertiary/aromatic N) is 2. The summed E-state index contributed by atoms with van der Waals surface area (Å²) in [5.74, 6) is 0.0372. The molecule has 0 radical (unpaired) electrons. The number of rotatable bonds is 2. The molecule has 2 aromatic rings. The van der Waals surface area contributed by atoms with E-state index in [-0.39, 0.29) is 17.5 Å². The van der Waals surface area contributed by atoms with Crippen molar-refractivity contribution in [2.75, 3.05) is 13.1 Å². The van der Waals surface area contributed by atoms with E-state index in [1.807, 2.05) is 4.90 Å². The average molecular weight is 357 g/mol. The van der Waals surface area contributed by atoms with Gasteiger partial charge in [-0.05, 0) is 56.1 Å². The van der Waals surface area contributed by atoms with Gasteiger partial charge < -0.3 is 9.88 Å². The highest BCUT2D eigenvalue weighted by Crippen LogP contribution is 2.27. The summed E-state index contributed by atoms with van der Waals surface area (Å²) >= 11 is 5.48. The highest BCUT2D eigenvalue weighted by Gasteiger charge is 2.22. The van der Waals surface area contributed by atoms with E-state index in [9.17, 15) is 9.59 Å². The van der Waals surface area contributed by atoms with Gasteiger partial charge in [0.1, 0.15) is 0 Å². The van der Waals surface area contributed by atoms with Gasteiger partial charge in [-0.3, -0.25) is 14.2 Å². The first-order valence-corrected chi connectivity index (χ1v) is 9.64. The lowest BCUT2D eigenvalue weighted by molar-refractivity contribution is 0.0793. The third-order valence-electron chi connectivity index (χ3n) is 5.51. The van der Waals surface area contributed by atoms with Crippen LogP contribution in [0.3, 0.4) is 0 Å². The van der Waals surface area contributed by atoms with Crippen LogP contribution < -0.4 is 5.56 Å². The van der Waals surface area contributed by atoms with Crippen molar-refractivity contribution in [3.63, 3.8) is 0 Å². The first-order chi connectivity index (χ1) is 12.1. The molecule has 0 spiro atoms. The van der Waals surface area contributed by atoms with Gasteiger partial charge in [0, 0.05) is 24.7 Å². The Hall–Kier alpha value is -1.95. The molecule has 1 aliphatic carbocycles. The summed E-state index contributed by atoms with van der Waals surface area (Å²) in [7, 11) is 0. The van der Waals surface area contributed by atoms with Gasteiger partial charge in [0.15, 0.2) is 4.77 Å². The Morgan fingerprint density at radius 3 is 2.52 bits per heavy atom. The minimum Gasteiger partial charge on any atom is -0.339 e. The fourth-order valence-corrected chi connectivity index (χ4v) is 4.48. The Balaban J connectivity index is 1.75. The predicted octanol–water partition coefficient (Wildman–Crippen LogP) is 3.80. The van der Waals surface area contributed by atoms with E-state index < -0.39 is 0 Å². The highest BCUT2D eigenvalue weighted by molar-refractivity contribution is 7.71. The van der Waals surface area contributed by atoms with Crippen LogP contribution in [-0.2, 0) is 0 Å². The second kappa shape index (κ2) is 6.75. The minimum absolute atomic E-state index is 0.0363. The number of hydrogen-bond acceptors (Lipinski definition) is 3. The second-order valence-corrected chi connectivity index (χ2v) is 7.54. The van der Waals surface area contributed by atoms with Crippen molar-refractivity contribution in [3.05, 3.63) is 38.9 Å². The fraction of sp³-hybridized carbons (Fsp3) is 0.526. The molecule has 2 aliphatic rings. The van der Waals surface area contributed by atoms with E-state index in [0.29, 0.717) is 21.2 Å². The van der Waals surface area contributed by atoms with Crippen LogP contribution in [0.15, 0.2) is 23.0 Å². The summed E-state index contributed by atoms with van der Waals surface area (Å²) in [6.07, 6.45) is 7.67. The zero-order chi connectivity index (χ0) is 17.4. The molecule has 25 heavy (non-hydrogen) atoms. The maximum absolute atomic E-state index is 13.0. The Bertz CT molecular complexity index is 918. The topological polar surface area (TPSA) is 58.1 Å². The highest BCUT2D eigenvalue weighted by atomic mass is 32.1. The van der Waals surface area contributed by atoms with Crippen molar-refractivity contribution in [1.82, 2.24) is 14.5 Å². The third kappa shape index (κ3) is 3.03. The molecule has 2 heterocycles. The summed E-state index contributed by atoms with van der Waals surface area (Å²) in [5, 5.41) is 0.608. The lowest BCUT2D eigenvalue weighted by atomic mass is 9.95. The normalized spacial score (nSPS) is 18.8. The van der Waals surface area contributed by atoms with E-state index in [4.69, 9.17) is 12.2 Å². The Morgan fingerprint density at radius 1 is 1.08 bits per heavy atom. The number of likely N-dealkylation sites (tertiary alicyclic amines) is 1. The standard InChI is InChI=1S/C19H23N3O2S/c23-17(21-10-4-5-11-21)13-8-9-15-16(12-13)20-19(25)22(18(15)24)14-6-2-1-3-7-14/h8-9,12,14H,1-7,10-11H2,(H,20,25). The van der Waals surface area contributed by atoms with Gasteiger partial charge in [0.2, 0.25) is 0 Å². The van der Waals surface area contributed by atoms with E-state index in [1.54, 1.807) is 22.8 Å². The van der Waals surface area contributed by atoms with E-state index in [1.165, 1.54) is 6.42 Å². The van der Waals surface area contributed by atoms with E-state index >= 15 is 0 Å². The van der Waals surface area contributed by atoms with Gasteiger partial charge in [-0.15, -0.1) is 0 Å². The molecule has 1 saturated carbocycles. The molecule has 4 rings (SSSR count). The SMILES string of the molecule is O=C(c1ccc2c(=O)n(C3CCCCC3)c(=S)[nH]c2c1)N1CCCC1. The van der Waals surface area contributed by atoms with Crippen molar-refractivity contribution in [2.24, 2.45) is 0 Å². The Kier molecular flexibility index (Phi) is 4.46. The first-order valence-electron chi connectivity index (χ1n) is 9.23. The van der Waals surface area contributed by atoms with Gasteiger partial charge in [-0.25, -0.2) is 0 Å². The van der Waals surface area contributed by atoms with Crippen LogP contribution in [0.2, 0.25) is 0 Å². The number of benzene rings is 1. The van der Waals surface area contributed by atoms with Crippen LogP contribution in [0.4, 0.5) is 0 Å². The molecular formula is C19H23N3O2S. The number of H-pyrrole nitrogens is 1. The molecule has 1 saturated heterocycles. The number of hydrogen-bond donors (Lipinski definition) is 1. The molecule has 132 valence electrons. The molecular weight excluding hydrogens is 334 g/mol. The van der Waals surface area contributed by atoms with Crippen molar-refractivity contribution < 1.29 is 4.79 Å². The number of aromatic nitrogens is 2. The number of aromatic amines is 1. The number of carbonyl (C=O) groups excluding carboxylic acids is 1. The van der Waals surface area contributed by atoms with Crippen molar-refractivity contribution >= 4 is 29.0 Å². The first kappa shape index (κ1) is 16.5. The number of carbonyl (C=O) groups is 1. The molecule has 0 atom stereocenters. The minimum atomic E-state index is -0.0363. The van der Waals surface area contributed by atoms with Crippen LogP contribution in [0, 0.1) is 4.77 Å². The largest absolute Gasteiger partial charge is 0.339 e. The summed E-state index contributed by atoms with van der Waals surface area (Å²) in [6.45, 7) is 1.63. The lowest BCUT2D eigenvalue weighted by Crippen LogP contribution is -2.29. The molecule has 1 aromatic heterocycles. The molecule has 6 heteroatoms. The molecule has 2 fully saturated rings. The maximum atomic E-state index is 13.0. The number of nitrogens with one attached hydrogen (secondary N) is 1. The van der Waals surface area contributed by atoms with Crippen molar-refractivity contribution in [3.8, 4) is 0 Å². The van der Waals surface area contributed by atoms with Crippen LogP contribution >= 0.6 is 12.2 Å². The van der Waals surface area contributed by atoms with Crippen LogP contribution in [-0.4, -0.2) is 33.4 Å². The van der Waals surface area contributed by atoms with Crippen molar-refractivity contribution in [1.29, 1.82) is 0 Å². The zero-order valence-electron chi connectivity index (χ0n) is 14.3. The van der Waals surface area contributed by atoms with Gasteiger partial charge in [-0.2, -0.15) is 0 Å². The van der Waals surface area contributed by atoms with Gasteiger partial charge in [0.05, 0.1) is 10.9 Å². The lowest BCUT2D eigenvalue weighted by Gasteiger charge is -2.24. The van der Waals surface area contributed by atoms with Gasteiger partial charge >= 0.3 is 0 Å². The third-order valence-corrected chi connectivity index (χ3v) is 5.81. The molecule has 0 unspecified atom stereocenters. The molecule has 1 N–H and O–H groups in total. The molecule has 1 aromatic carbocycles. The monoisotopic (exact) mass is 357 g/mol. The summed E-state index contributed by atoms with van der Waals surface area (Å²) in [5.41, 5.74) is 1.24. The summed E-state index contributed by atoms with van der Waals surface area (Å²) in [4.78, 5) is 30.6. The van der Waals surface area contributed by atoms with Crippen molar-refractivity contribution in [2.45, 2.75) is 51.0 Å². The van der Waals surface area contributed by atoms with Gasteiger partial charge in [-0.1, -0.05) is 19.3 Å². The predicted molar refractivity (Wildman–Crippen MR) is 101 cm³/mol. The molecule has 0 bridgehead atoms. The summed E-state index contributed by atoms with van der Waals surface area (Å²) < 4.78 is 2.22. The quantitative estimate of drug-likeness (QED) is 0.832. The van der Waals surface area contributed by atoms with Crippen LogP contribution in [0.25, 0.3) is 10.9 Å². The molecule has 1 aliphatic heterocycles. The molecule has 1 amide bonds. The summed E-state index contributed by atoms with van der Waals surface area (Å²) in [6, 6.07) is 5.51. The Morgan fingerprint density at radius 2 is 1.80 bits per heavy atom. The van der Waals surface area contributed by atoms with E-state index in [0.717, 1.165) is 51.6 Å². The Labute approximate surface area is 151 Å². The number of fused-ring (bicyclic) bond motifs is 1. The fourth-order valence-electron chi connectivity index (χ4n) is 4.14. The molecule has 5 nitrogen and oxygen atoms in total. The van der Waals surface area contributed by atoms with Gasteiger partial charge in [0.25, 0.3) is 11.5 Å². The second-order valence-electron chi connectivity index (χ2n) is 7.16. The zero-order valence-corrected chi connectivity index (χ0v) is 15.1. The van der Waals surface area contributed by atoms with Crippen LogP contribution in [0.5, 0.6) is 0 Å². The van der Waals surface area contributed by atoms with Crippen LogP contribution in [0.1, 0.15) is 61.3 Å². The average Bonchev–Trinajstić information content (AvgIpc) is 3.16.